The highest BCUT2D eigenvalue weighted by Crippen LogP contribution is 2.36. The molecule has 17 heavy (non-hydrogen) atoms. The molecule has 0 aromatic heterocycles. The van der Waals surface area contributed by atoms with Crippen LogP contribution in [0.25, 0.3) is 0 Å². The zero-order valence-electron chi connectivity index (χ0n) is 12.1. The van der Waals surface area contributed by atoms with Crippen molar-refractivity contribution < 1.29 is 9.47 Å². The summed E-state index contributed by atoms with van der Waals surface area (Å²) in [4.78, 5) is 0. The Balaban J connectivity index is 2.64. The van der Waals surface area contributed by atoms with Gasteiger partial charge in [0.15, 0.2) is 0 Å². The zero-order chi connectivity index (χ0) is 12.9. The highest BCUT2D eigenvalue weighted by Gasteiger charge is 2.38. The Morgan fingerprint density at radius 3 is 2.59 bits per heavy atom. The van der Waals surface area contributed by atoms with E-state index in [-0.39, 0.29) is 11.0 Å². The number of hydrogen-bond acceptors (Lipinski definition) is 3. The minimum absolute atomic E-state index is 0.164. The highest BCUT2D eigenvalue weighted by molar-refractivity contribution is 4.90. The lowest BCUT2D eigenvalue weighted by Gasteiger charge is -2.43. The van der Waals surface area contributed by atoms with Crippen molar-refractivity contribution >= 4 is 0 Å². The fraction of sp³-hybridized carbons (Fsp3) is 1.00. The van der Waals surface area contributed by atoms with Crippen LogP contribution in [0.2, 0.25) is 0 Å². The Bertz CT molecular complexity index is 217. The second kappa shape index (κ2) is 6.17. The van der Waals surface area contributed by atoms with E-state index in [0.717, 1.165) is 26.4 Å². The normalized spacial score (nSPS) is 28.1. The molecule has 1 rings (SSSR count). The van der Waals surface area contributed by atoms with Crippen LogP contribution < -0.4 is 5.32 Å². The van der Waals surface area contributed by atoms with Gasteiger partial charge in [0.25, 0.3) is 0 Å². The van der Waals surface area contributed by atoms with Gasteiger partial charge in [-0.3, -0.25) is 0 Å². The van der Waals surface area contributed by atoms with Crippen LogP contribution in [-0.4, -0.2) is 39.0 Å². The van der Waals surface area contributed by atoms with Crippen molar-refractivity contribution in [1.29, 1.82) is 0 Å². The van der Waals surface area contributed by atoms with Crippen molar-refractivity contribution in [3.05, 3.63) is 0 Å². The van der Waals surface area contributed by atoms with E-state index in [9.17, 15) is 0 Å². The SMILES string of the molecule is COCC(C)C1(CNC(C)(C)C)CCCOC1. The molecule has 0 aromatic carbocycles. The summed E-state index contributed by atoms with van der Waals surface area (Å²) >= 11 is 0. The fourth-order valence-electron chi connectivity index (χ4n) is 2.44. The van der Waals surface area contributed by atoms with Gasteiger partial charge >= 0.3 is 0 Å². The molecular formula is C14H29NO2. The Kier molecular flexibility index (Phi) is 5.42. The maximum Gasteiger partial charge on any atom is 0.0538 e. The van der Waals surface area contributed by atoms with Gasteiger partial charge in [0.05, 0.1) is 6.61 Å². The van der Waals surface area contributed by atoms with Gasteiger partial charge in [0.2, 0.25) is 0 Å². The standard InChI is InChI=1S/C14H29NO2/c1-12(9-16-5)14(7-6-8-17-11-14)10-15-13(2,3)4/h12,15H,6-11H2,1-5H3. The van der Waals surface area contributed by atoms with Crippen molar-refractivity contribution in [2.45, 2.75) is 46.1 Å². The van der Waals surface area contributed by atoms with Crippen LogP contribution in [0.5, 0.6) is 0 Å². The third-order valence-corrected chi connectivity index (χ3v) is 3.79. The van der Waals surface area contributed by atoms with Gasteiger partial charge in [-0.1, -0.05) is 6.92 Å². The lowest BCUT2D eigenvalue weighted by Crippen LogP contribution is -2.51. The second-order valence-electron chi connectivity index (χ2n) is 6.48. The van der Waals surface area contributed by atoms with E-state index in [1.54, 1.807) is 7.11 Å². The molecule has 3 nitrogen and oxygen atoms in total. The molecule has 1 fully saturated rings. The average molecular weight is 243 g/mol. The molecule has 1 saturated heterocycles. The van der Waals surface area contributed by atoms with E-state index in [2.05, 4.69) is 33.0 Å². The Morgan fingerprint density at radius 1 is 1.41 bits per heavy atom. The van der Waals surface area contributed by atoms with E-state index < -0.39 is 0 Å². The Hall–Kier alpha value is -0.120. The quantitative estimate of drug-likeness (QED) is 0.804. The Labute approximate surface area is 106 Å². The number of methoxy groups -OCH3 is 1. The monoisotopic (exact) mass is 243 g/mol. The molecule has 0 spiro atoms. The van der Waals surface area contributed by atoms with Crippen molar-refractivity contribution in [3.8, 4) is 0 Å². The van der Waals surface area contributed by atoms with Crippen LogP contribution in [0, 0.1) is 11.3 Å². The molecule has 2 unspecified atom stereocenters. The molecule has 1 N–H and O–H groups in total. The summed E-state index contributed by atoms with van der Waals surface area (Å²) in [7, 11) is 1.78. The first-order chi connectivity index (χ1) is 7.90. The number of nitrogens with one attached hydrogen (secondary N) is 1. The van der Waals surface area contributed by atoms with Crippen molar-refractivity contribution in [2.24, 2.45) is 11.3 Å². The largest absolute Gasteiger partial charge is 0.384 e. The summed E-state index contributed by atoms with van der Waals surface area (Å²) in [5.41, 5.74) is 0.402. The third-order valence-electron chi connectivity index (χ3n) is 3.79. The molecule has 3 heteroatoms. The van der Waals surface area contributed by atoms with Crippen LogP contribution in [0.3, 0.4) is 0 Å². The first-order valence-corrected chi connectivity index (χ1v) is 6.71. The molecule has 0 radical (unpaired) electrons. The minimum Gasteiger partial charge on any atom is -0.384 e. The summed E-state index contributed by atoms with van der Waals surface area (Å²) in [5, 5.41) is 3.64. The molecule has 1 aliphatic heterocycles. The summed E-state index contributed by atoms with van der Waals surface area (Å²) in [6, 6.07) is 0. The first kappa shape index (κ1) is 14.9. The molecule has 2 atom stereocenters. The van der Waals surface area contributed by atoms with Crippen molar-refractivity contribution in [3.63, 3.8) is 0 Å². The molecule has 0 aromatic rings. The van der Waals surface area contributed by atoms with E-state index in [4.69, 9.17) is 9.47 Å². The molecule has 0 saturated carbocycles. The maximum absolute atomic E-state index is 5.72. The zero-order valence-corrected chi connectivity index (χ0v) is 12.1. The van der Waals surface area contributed by atoms with Gasteiger partial charge in [-0.15, -0.1) is 0 Å². The minimum atomic E-state index is 0.164. The number of ether oxygens (including phenoxy) is 2. The van der Waals surface area contributed by atoms with Gasteiger partial charge in [0.1, 0.15) is 0 Å². The maximum atomic E-state index is 5.72. The third kappa shape index (κ3) is 4.57. The van der Waals surface area contributed by atoms with Crippen LogP contribution in [0.1, 0.15) is 40.5 Å². The van der Waals surface area contributed by atoms with E-state index in [0.29, 0.717) is 5.92 Å². The van der Waals surface area contributed by atoms with Gasteiger partial charge in [0, 0.05) is 37.8 Å². The van der Waals surface area contributed by atoms with Gasteiger partial charge in [-0.2, -0.15) is 0 Å². The lowest BCUT2D eigenvalue weighted by atomic mass is 9.72. The molecule has 0 bridgehead atoms. The predicted octanol–water partition coefficient (Wildman–Crippen LogP) is 2.45. The average Bonchev–Trinajstić information content (AvgIpc) is 2.27. The smallest absolute Gasteiger partial charge is 0.0538 e. The highest BCUT2D eigenvalue weighted by atomic mass is 16.5. The number of rotatable bonds is 5. The topological polar surface area (TPSA) is 30.5 Å². The summed E-state index contributed by atoms with van der Waals surface area (Å²) < 4.78 is 11.1. The van der Waals surface area contributed by atoms with Gasteiger partial charge in [-0.25, -0.2) is 0 Å². The van der Waals surface area contributed by atoms with Crippen LogP contribution in [0.4, 0.5) is 0 Å². The summed E-state index contributed by atoms with van der Waals surface area (Å²) in [6.07, 6.45) is 2.40. The van der Waals surface area contributed by atoms with Crippen LogP contribution in [-0.2, 0) is 9.47 Å². The molecule has 0 aliphatic carbocycles. The molecule has 102 valence electrons. The fourth-order valence-corrected chi connectivity index (χ4v) is 2.44. The first-order valence-electron chi connectivity index (χ1n) is 6.71. The van der Waals surface area contributed by atoms with Crippen LogP contribution in [0.15, 0.2) is 0 Å². The summed E-state index contributed by atoms with van der Waals surface area (Å²) in [5.74, 6) is 0.530. The molecule has 1 heterocycles. The molecule has 1 aliphatic rings. The summed E-state index contributed by atoms with van der Waals surface area (Å²) in [6.45, 7) is 12.5. The second-order valence-corrected chi connectivity index (χ2v) is 6.48. The Morgan fingerprint density at radius 2 is 2.12 bits per heavy atom. The van der Waals surface area contributed by atoms with Crippen LogP contribution >= 0.6 is 0 Å². The number of hydrogen-bond donors (Lipinski definition) is 1. The van der Waals surface area contributed by atoms with Gasteiger partial charge < -0.3 is 14.8 Å². The van der Waals surface area contributed by atoms with E-state index in [1.807, 2.05) is 0 Å². The predicted molar refractivity (Wildman–Crippen MR) is 71.3 cm³/mol. The molecule has 0 amide bonds. The lowest BCUT2D eigenvalue weighted by molar-refractivity contribution is -0.0571. The van der Waals surface area contributed by atoms with Gasteiger partial charge in [-0.05, 0) is 39.5 Å². The molecular weight excluding hydrogens is 214 g/mol. The van der Waals surface area contributed by atoms with E-state index in [1.165, 1.54) is 12.8 Å². The van der Waals surface area contributed by atoms with Crippen molar-refractivity contribution in [2.75, 3.05) is 33.5 Å². The van der Waals surface area contributed by atoms with Crippen molar-refractivity contribution in [1.82, 2.24) is 5.32 Å². The van der Waals surface area contributed by atoms with E-state index >= 15 is 0 Å².